The highest BCUT2D eigenvalue weighted by Gasteiger charge is 2.11. The average molecular weight is 217 g/mol. The molecular formula is C6H11N5O2S. The molecular weight excluding hydrogens is 206 g/mol. The molecule has 7 nitrogen and oxygen atoms in total. The number of aliphatic carboxylic acids is 1. The Labute approximate surface area is 84.7 Å². The smallest absolute Gasteiger partial charge is 0.321 e. The molecule has 0 aliphatic rings. The Kier molecular flexibility index (Phi) is 3.84. The Morgan fingerprint density at radius 1 is 1.79 bits per heavy atom. The van der Waals surface area contributed by atoms with E-state index in [-0.39, 0.29) is 0 Å². The second kappa shape index (κ2) is 4.91. The number of nitrogens with two attached hydrogens (primary N) is 1. The van der Waals surface area contributed by atoms with Crippen LogP contribution in [0.25, 0.3) is 0 Å². The first kappa shape index (κ1) is 10.9. The summed E-state index contributed by atoms with van der Waals surface area (Å²) >= 11 is 1.37. The minimum atomic E-state index is -0.996. The van der Waals surface area contributed by atoms with E-state index in [4.69, 9.17) is 10.8 Å². The maximum atomic E-state index is 10.4. The van der Waals surface area contributed by atoms with Crippen molar-refractivity contribution in [3.05, 3.63) is 5.82 Å². The van der Waals surface area contributed by atoms with Crippen molar-refractivity contribution in [1.29, 1.82) is 0 Å². The molecule has 0 aromatic carbocycles. The summed E-state index contributed by atoms with van der Waals surface area (Å²) in [4.78, 5) is 11.7. The number of hydrogen-bond acceptors (Lipinski definition) is 6. The van der Waals surface area contributed by atoms with Gasteiger partial charge in [-0.15, -0.1) is 10.2 Å². The third kappa shape index (κ3) is 3.30. The lowest BCUT2D eigenvalue weighted by Crippen LogP contribution is -2.32. The Balaban J connectivity index is 2.25. The number of carboxylic acid groups (broad SMARTS) is 1. The Morgan fingerprint density at radius 2 is 2.50 bits per heavy atom. The summed E-state index contributed by atoms with van der Waals surface area (Å²) in [6, 6.07) is -0.836. The van der Waals surface area contributed by atoms with Crippen molar-refractivity contribution >= 4 is 17.7 Å². The van der Waals surface area contributed by atoms with Crippen LogP contribution in [-0.4, -0.2) is 43.1 Å². The minimum absolute atomic E-state index is 0.341. The summed E-state index contributed by atoms with van der Waals surface area (Å²) in [6.07, 6.45) is 0. The highest BCUT2D eigenvalue weighted by Crippen LogP contribution is 2.07. The number of nitrogens with zero attached hydrogens (tertiary/aromatic N) is 4. The summed E-state index contributed by atoms with van der Waals surface area (Å²) in [5, 5.41) is 19.8. The lowest BCUT2D eigenvalue weighted by atomic mass is 10.4. The molecule has 3 N–H and O–H groups in total. The molecule has 1 aromatic rings. The van der Waals surface area contributed by atoms with Crippen LogP contribution < -0.4 is 5.73 Å². The molecule has 78 valence electrons. The van der Waals surface area contributed by atoms with Gasteiger partial charge in [-0.1, -0.05) is 0 Å². The van der Waals surface area contributed by atoms with Gasteiger partial charge in [-0.2, -0.15) is 16.6 Å². The quantitative estimate of drug-likeness (QED) is 0.641. The average Bonchev–Trinajstić information content (AvgIpc) is 2.51. The van der Waals surface area contributed by atoms with E-state index in [2.05, 4.69) is 15.4 Å². The van der Waals surface area contributed by atoms with Crippen LogP contribution in [0, 0.1) is 0 Å². The predicted octanol–water partition coefficient (Wildman–Crippen LogP) is -1.14. The monoisotopic (exact) mass is 217 g/mol. The number of carbonyl (C=O) groups is 1. The molecule has 0 fully saturated rings. The van der Waals surface area contributed by atoms with E-state index in [1.165, 1.54) is 16.6 Å². The van der Waals surface area contributed by atoms with Crippen molar-refractivity contribution in [2.75, 3.05) is 5.75 Å². The highest BCUT2D eigenvalue weighted by molar-refractivity contribution is 7.98. The largest absolute Gasteiger partial charge is 0.480 e. The highest BCUT2D eigenvalue weighted by atomic mass is 32.2. The molecule has 0 saturated carbocycles. The van der Waals surface area contributed by atoms with Gasteiger partial charge in [0, 0.05) is 5.75 Å². The van der Waals surface area contributed by atoms with E-state index in [0.29, 0.717) is 17.3 Å². The zero-order chi connectivity index (χ0) is 10.6. The van der Waals surface area contributed by atoms with E-state index in [0.717, 1.165) is 0 Å². The maximum Gasteiger partial charge on any atom is 0.321 e. The number of tetrazole rings is 1. The van der Waals surface area contributed by atoms with Crippen LogP contribution in [-0.2, 0) is 17.6 Å². The van der Waals surface area contributed by atoms with Crippen LogP contribution >= 0.6 is 11.8 Å². The van der Waals surface area contributed by atoms with Crippen LogP contribution in [0.4, 0.5) is 0 Å². The van der Waals surface area contributed by atoms with Gasteiger partial charge in [0.15, 0.2) is 5.82 Å². The topological polar surface area (TPSA) is 107 Å². The maximum absolute atomic E-state index is 10.4. The van der Waals surface area contributed by atoms with Gasteiger partial charge < -0.3 is 10.8 Å². The summed E-state index contributed by atoms with van der Waals surface area (Å²) in [6.45, 7) is 0. The summed E-state index contributed by atoms with van der Waals surface area (Å²) in [5.74, 6) is 0.447. The molecule has 1 unspecified atom stereocenters. The molecule has 1 aromatic heterocycles. The first-order chi connectivity index (χ1) is 6.59. The molecule has 0 bridgehead atoms. The first-order valence-electron chi connectivity index (χ1n) is 3.88. The lowest BCUT2D eigenvalue weighted by molar-refractivity contribution is -0.137. The number of thioether (sulfide) groups is 1. The molecule has 0 aliphatic carbocycles. The zero-order valence-corrected chi connectivity index (χ0v) is 8.44. The van der Waals surface area contributed by atoms with Crippen LogP contribution in [0.2, 0.25) is 0 Å². The van der Waals surface area contributed by atoms with Gasteiger partial charge in [0.2, 0.25) is 0 Å². The second-order valence-electron chi connectivity index (χ2n) is 2.65. The molecule has 8 heteroatoms. The van der Waals surface area contributed by atoms with Gasteiger partial charge in [-0.05, 0) is 5.21 Å². The van der Waals surface area contributed by atoms with E-state index in [1.54, 1.807) is 7.05 Å². The molecule has 0 saturated heterocycles. The predicted molar refractivity (Wildman–Crippen MR) is 50.6 cm³/mol. The van der Waals surface area contributed by atoms with E-state index in [1.807, 2.05) is 0 Å². The summed E-state index contributed by atoms with van der Waals surface area (Å²) in [5.41, 5.74) is 5.30. The van der Waals surface area contributed by atoms with Crippen LogP contribution in [0.5, 0.6) is 0 Å². The van der Waals surface area contributed by atoms with Gasteiger partial charge in [-0.3, -0.25) is 4.79 Å². The van der Waals surface area contributed by atoms with Gasteiger partial charge in [0.1, 0.15) is 6.04 Å². The molecule has 0 spiro atoms. The van der Waals surface area contributed by atoms with Gasteiger partial charge in [0.25, 0.3) is 0 Å². The normalized spacial score (nSPS) is 12.7. The van der Waals surface area contributed by atoms with Crippen molar-refractivity contribution in [2.24, 2.45) is 12.8 Å². The van der Waals surface area contributed by atoms with Gasteiger partial charge in [0.05, 0.1) is 12.8 Å². The number of aromatic nitrogens is 4. The fourth-order valence-corrected chi connectivity index (χ4v) is 1.54. The summed E-state index contributed by atoms with van der Waals surface area (Å²) in [7, 11) is 1.67. The second-order valence-corrected chi connectivity index (χ2v) is 3.69. The third-order valence-corrected chi connectivity index (χ3v) is 2.45. The number of carboxylic acids is 1. The van der Waals surface area contributed by atoms with Gasteiger partial charge >= 0.3 is 5.97 Å². The Morgan fingerprint density at radius 3 is 3.00 bits per heavy atom. The molecule has 1 heterocycles. The standard InChI is InChI=1S/C6H11N5O2S/c1-11-9-5(8-10-11)3-14-2-4(7)6(12)13/h4H,2-3,7H2,1H3,(H,12,13). The molecule has 1 atom stereocenters. The van der Waals surface area contributed by atoms with E-state index >= 15 is 0 Å². The number of aryl methyl sites for hydroxylation is 1. The van der Waals surface area contributed by atoms with E-state index in [9.17, 15) is 4.79 Å². The molecule has 0 radical (unpaired) electrons. The molecule has 1 rings (SSSR count). The number of hydrogen-bond donors (Lipinski definition) is 2. The van der Waals surface area contributed by atoms with Crippen molar-refractivity contribution in [1.82, 2.24) is 20.2 Å². The summed E-state index contributed by atoms with van der Waals surface area (Å²) < 4.78 is 0. The number of rotatable bonds is 5. The van der Waals surface area contributed by atoms with Crippen molar-refractivity contribution in [2.45, 2.75) is 11.8 Å². The minimum Gasteiger partial charge on any atom is -0.480 e. The van der Waals surface area contributed by atoms with Crippen LogP contribution in [0.1, 0.15) is 5.82 Å². The van der Waals surface area contributed by atoms with Crippen molar-refractivity contribution < 1.29 is 9.90 Å². The van der Waals surface area contributed by atoms with Gasteiger partial charge in [-0.25, -0.2) is 0 Å². The fraction of sp³-hybridized carbons (Fsp3) is 0.667. The molecule has 14 heavy (non-hydrogen) atoms. The molecule has 0 amide bonds. The third-order valence-electron chi connectivity index (χ3n) is 1.40. The van der Waals surface area contributed by atoms with Crippen molar-refractivity contribution in [3.63, 3.8) is 0 Å². The van der Waals surface area contributed by atoms with Crippen LogP contribution in [0.3, 0.4) is 0 Å². The molecule has 0 aliphatic heterocycles. The SMILES string of the molecule is Cn1nnc(CSCC(N)C(=O)O)n1. The lowest BCUT2D eigenvalue weighted by Gasteiger charge is -2.03. The zero-order valence-electron chi connectivity index (χ0n) is 7.62. The van der Waals surface area contributed by atoms with Crippen molar-refractivity contribution in [3.8, 4) is 0 Å². The Hall–Kier alpha value is -1.15. The Bertz CT molecular complexity index is 315. The van der Waals surface area contributed by atoms with Crippen LogP contribution in [0.15, 0.2) is 0 Å². The first-order valence-corrected chi connectivity index (χ1v) is 5.04. The van der Waals surface area contributed by atoms with E-state index < -0.39 is 12.0 Å². The fourth-order valence-electron chi connectivity index (χ4n) is 0.730.